The molecule has 1 unspecified atom stereocenters. The SMILES string of the molecule is Cc1ccsc1C(N)C1(CC(C)C)CCCC1. The van der Waals surface area contributed by atoms with Crippen LogP contribution in [0.5, 0.6) is 0 Å². The summed E-state index contributed by atoms with van der Waals surface area (Å²) in [6, 6.07) is 2.46. The Bertz CT molecular complexity index is 361. The second-order valence-corrected chi connectivity index (χ2v) is 7.06. The van der Waals surface area contributed by atoms with E-state index in [-0.39, 0.29) is 6.04 Å². The standard InChI is InChI=1S/C15H25NS/c1-11(2)10-15(7-4-5-8-15)14(16)13-12(3)6-9-17-13/h6,9,11,14H,4-5,7-8,10,16H2,1-3H3. The molecular weight excluding hydrogens is 226 g/mol. The van der Waals surface area contributed by atoms with Crippen molar-refractivity contribution in [2.75, 3.05) is 0 Å². The number of nitrogens with two attached hydrogens (primary N) is 1. The van der Waals surface area contributed by atoms with E-state index in [1.807, 2.05) is 11.3 Å². The molecule has 0 aromatic carbocycles. The summed E-state index contributed by atoms with van der Waals surface area (Å²) < 4.78 is 0. The predicted octanol–water partition coefficient (Wildman–Crippen LogP) is 4.66. The summed E-state index contributed by atoms with van der Waals surface area (Å²) in [5.41, 5.74) is 8.40. The first-order valence-electron chi connectivity index (χ1n) is 6.85. The third kappa shape index (κ3) is 2.58. The van der Waals surface area contributed by atoms with Crippen molar-refractivity contribution in [2.24, 2.45) is 17.1 Å². The van der Waals surface area contributed by atoms with Gasteiger partial charge in [-0.1, -0.05) is 26.7 Å². The Morgan fingerprint density at radius 3 is 2.47 bits per heavy atom. The highest BCUT2D eigenvalue weighted by molar-refractivity contribution is 7.10. The van der Waals surface area contributed by atoms with Crippen LogP contribution in [0.25, 0.3) is 0 Å². The zero-order valence-corrected chi connectivity index (χ0v) is 12.1. The van der Waals surface area contributed by atoms with Crippen LogP contribution in [0.4, 0.5) is 0 Å². The minimum Gasteiger partial charge on any atom is -0.323 e. The third-order valence-corrected chi connectivity index (χ3v) is 5.36. The highest BCUT2D eigenvalue weighted by atomic mass is 32.1. The van der Waals surface area contributed by atoms with Crippen LogP contribution in [0, 0.1) is 18.3 Å². The van der Waals surface area contributed by atoms with Gasteiger partial charge in [0.05, 0.1) is 0 Å². The van der Waals surface area contributed by atoms with Gasteiger partial charge < -0.3 is 5.73 Å². The maximum Gasteiger partial charge on any atom is 0.0449 e. The molecule has 2 rings (SSSR count). The van der Waals surface area contributed by atoms with Crippen molar-refractivity contribution < 1.29 is 0 Å². The van der Waals surface area contributed by atoms with Gasteiger partial charge in [-0.3, -0.25) is 0 Å². The second kappa shape index (κ2) is 5.11. The molecule has 1 nitrogen and oxygen atoms in total. The summed E-state index contributed by atoms with van der Waals surface area (Å²) in [5, 5.41) is 2.18. The largest absolute Gasteiger partial charge is 0.323 e. The first-order valence-corrected chi connectivity index (χ1v) is 7.73. The summed E-state index contributed by atoms with van der Waals surface area (Å²) in [5.74, 6) is 0.749. The number of thiophene rings is 1. The van der Waals surface area contributed by atoms with E-state index in [1.165, 1.54) is 42.5 Å². The van der Waals surface area contributed by atoms with Crippen LogP contribution in [0.1, 0.15) is 62.4 Å². The van der Waals surface area contributed by atoms with E-state index in [1.54, 1.807) is 0 Å². The van der Waals surface area contributed by atoms with Gasteiger partial charge in [-0.25, -0.2) is 0 Å². The number of aryl methyl sites for hydroxylation is 1. The van der Waals surface area contributed by atoms with E-state index in [4.69, 9.17) is 5.73 Å². The highest BCUT2D eigenvalue weighted by Crippen LogP contribution is 2.51. The number of hydrogen-bond donors (Lipinski definition) is 1. The topological polar surface area (TPSA) is 26.0 Å². The molecule has 2 heteroatoms. The molecule has 0 aliphatic heterocycles. The summed E-state index contributed by atoms with van der Waals surface area (Å²) in [6.45, 7) is 6.85. The fraction of sp³-hybridized carbons (Fsp3) is 0.733. The molecule has 1 aliphatic rings. The second-order valence-electron chi connectivity index (χ2n) is 6.11. The summed E-state index contributed by atoms with van der Waals surface area (Å²) >= 11 is 1.85. The molecule has 1 aromatic heterocycles. The van der Waals surface area contributed by atoms with Gasteiger partial charge in [-0.2, -0.15) is 0 Å². The molecule has 1 fully saturated rings. The van der Waals surface area contributed by atoms with Crippen molar-refractivity contribution in [3.8, 4) is 0 Å². The molecule has 0 amide bonds. The Balaban J connectivity index is 2.24. The molecule has 96 valence electrons. The van der Waals surface area contributed by atoms with Crippen molar-refractivity contribution in [3.63, 3.8) is 0 Å². The lowest BCUT2D eigenvalue weighted by Crippen LogP contribution is -2.33. The van der Waals surface area contributed by atoms with Crippen LogP contribution in [-0.4, -0.2) is 0 Å². The van der Waals surface area contributed by atoms with Gasteiger partial charge in [0, 0.05) is 10.9 Å². The van der Waals surface area contributed by atoms with Gasteiger partial charge in [0.25, 0.3) is 0 Å². The lowest BCUT2D eigenvalue weighted by Gasteiger charge is -2.37. The van der Waals surface area contributed by atoms with Crippen LogP contribution in [0.2, 0.25) is 0 Å². The van der Waals surface area contributed by atoms with Crippen LogP contribution < -0.4 is 5.73 Å². The normalized spacial score (nSPS) is 21.0. The molecule has 1 heterocycles. The minimum absolute atomic E-state index is 0.257. The van der Waals surface area contributed by atoms with E-state index in [0.29, 0.717) is 5.41 Å². The Morgan fingerprint density at radius 1 is 1.35 bits per heavy atom. The predicted molar refractivity (Wildman–Crippen MR) is 76.3 cm³/mol. The summed E-state index contributed by atoms with van der Waals surface area (Å²) in [6.07, 6.45) is 6.66. The van der Waals surface area contributed by atoms with Crippen LogP contribution in [0.15, 0.2) is 11.4 Å². The molecule has 0 bridgehead atoms. The van der Waals surface area contributed by atoms with E-state index in [2.05, 4.69) is 32.2 Å². The van der Waals surface area contributed by atoms with Gasteiger partial charge in [-0.15, -0.1) is 11.3 Å². The first kappa shape index (κ1) is 13.1. The Hall–Kier alpha value is -0.340. The zero-order chi connectivity index (χ0) is 12.5. The smallest absolute Gasteiger partial charge is 0.0449 e. The average molecular weight is 251 g/mol. The molecule has 1 atom stereocenters. The van der Waals surface area contributed by atoms with E-state index in [9.17, 15) is 0 Å². The number of rotatable bonds is 4. The molecule has 1 saturated carbocycles. The van der Waals surface area contributed by atoms with E-state index in [0.717, 1.165) is 5.92 Å². The fourth-order valence-corrected chi connectivity index (χ4v) is 4.58. The van der Waals surface area contributed by atoms with Gasteiger partial charge in [-0.05, 0) is 54.5 Å². The molecule has 2 N–H and O–H groups in total. The molecule has 1 aliphatic carbocycles. The van der Waals surface area contributed by atoms with Crippen molar-refractivity contribution >= 4 is 11.3 Å². The van der Waals surface area contributed by atoms with Crippen molar-refractivity contribution in [2.45, 2.75) is 58.9 Å². The molecule has 1 aromatic rings. The molecule has 0 radical (unpaired) electrons. The minimum atomic E-state index is 0.257. The van der Waals surface area contributed by atoms with Gasteiger partial charge >= 0.3 is 0 Å². The molecule has 0 saturated heterocycles. The average Bonchev–Trinajstić information content (AvgIpc) is 2.86. The molecule has 17 heavy (non-hydrogen) atoms. The van der Waals surface area contributed by atoms with Crippen molar-refractivity contribution in [1.29, 1.82) is 0 Å². The van der Waals surface area contributed by atoms with Crippen LogP contribution in [0.3, 0.4) is 0 Å². The van der Waals surface area contributed by atoms with Gasteiger partial charge in [0.1, 0.15) is 0 Å². The number of hydrogen-bond acceptors (Lipinski definition) is 2. The first-order chi connectivity index (χ1) is 8.05. The fourth-order valence-electron chi connectivity index (χ4n) is 3.52. The van der Waals surface area contributed by atoms with Crippen molar-refractivity contribution in [1.82, 2.24) is 0 Å². The molecular formula is C15H25NS. The quantitative estimate of drug-likeness (QED) is 0.827. The lowest BCUT2D eigenvalue weighted by atomic mass is 9.72. The summed E-state index contributed by atoms with van der Waals surface area (Å²) in [4.78, 5) is 1.42. The van der Waals surface area contributed by atoms with Crippen LogP contribution >= 0.6 is 11.3 Å². The lowest BCUT2D eigenvalue weighted by molar-refractivity contribution is 0.185. The Morgan fingerprint density at radius 2 is 2.00 bits per heavy atom. The Labute approximate surface area is 109 Å². The van der Waals surface area contributed by atoms with Gasteiger partial charge in [0.2, 0.25) is 0 Å². The molecule has 0 spiro atoms. The van der Waals surface area contributed by atoms with E-state index >= 15 is 0 Å². The monoisotopic (exact) mass is 251 g/mol. The van der Waals surface area contributed by atoms with Crippen molar-refractivity contribution in [3.05, 3.63) is 21.9 Å². The maximum absolute atomic E-state index is 6.64. The van der Waals surface area contributed by atoms with Crippen LogP contribution in [-0.2, 0) is 0 Å². The maximum atomic E-state index is 6.64. The zero-order valence-electron chi connectivity index (χ0n) is 11.3. The van der Waals surface area contributed by atoms with Gasteiger partial charge in [0.15, 0.2) is 0 Å². The van der Waals surface area contributed by atoms with E-state index < -0.39 is 0 Å². The third-order valence-electron chi connectivity index (χ3n) is 4.26. The highest BCUT2D eigenvalue weighted by Gasteiger charge is 2.41. The Kier molecular flexibility index (Phi) is 3.94. The summed E-state index contributed by atoms with van der Waals surface area (Å²) in [7, 11) is 0.